The second-order valence-corrected chi connectivity index (χ2v) is 19.1. The maximum absolute atomic E-state index is 9.89. The molecule has 0 atom stereocenters. The lowest BCUT2D eigenvalue weighted by Crippen LogP contribution is -2.29. The van der Waals surface area contributed by atoms with Gasteiger partial charge >= 0.3 is 0 Å². The van der Waals surface area contributed by atoms with Gasteiger partial charge in [-0.2, -0.15) is 10.5 Å². The minimum Gasteiger partial charge on any atom is -0.310 e. The Morgan fingerprint density at radius 1 is 0.293 bits per heavy atom. The molecule has 75 heavy (non-hydrogen) atoms. The molecule has 0 amide bonds. The molecule has 0 spiro atoms. The summed E-state index contributed by atoms with van der Waals surface area (Å²) in [6.45, 7) is 0. The molecule has 1 aliphatic rings. The highest BCUT2D eigenvalue weighted by Crippen LogP contribution is 2.61. The van der Waals surface area contributed by atoms with Gasteiger partial charge in [0.1, 0.15) is 0 Å². The molecule has 0 heterocycles. The first kappa shape index (κ1) is 44.7. The Bertz CT molecular complexity index is 4100. The van der Waals surface area contributed by atoms with Gasteiger partial charge in [0.2, 0.25) is 0 Å². The van der Waals surface area contributed by atoms with Gasteiger partial charge in [-0.25, -0.2) is 0 Å². The normalized spacial score (nSPS) is 12.1. The maximum Gasteiger partial charge on any atom is 0.0991 e. The lowest BCUT2D eigenvalue weighted by atomic mass is 9.66. The predicted molar refractivity (Wildman–Crippen MR) is 308 cm³/mol. The van der Waals surface area contributed by atoms with E-state index >= 15 is 0 Å². The van der Waals surface area contributed by atoms with E-state index in [-0.39, 0.29) is 0 Å². The van der Waals surface area contributed by atoms with Gasteiger partial charge in [0, 0.05) is 34.1 Å². The summed E-state index contributed by atoms with van der Waals surface area (Å²) < 4.78 is 0. The largest absolute Gasteiger partial charge is 0.310 e. The average molecular weight is 955 g/mol. The van der Waals surface area contributed by atoms with Crippen LogP contribution in [-0.2, 0) is 5.41 Å². The van der Waals surface area contributed by atoms with Crippen molar-refractivity contribution in [3.63, 3.8) is 0 Å². The van der Waals surface area contributed by atoms with Crippen LogP contribution in [0.2, 0.25) is 0 Å². The molecular formula is C71H46N4. The molecule has 350 valence electrons. The van der Waals surface area contributed by atoms with Crippen LogP contribution in [0.5, 0.6) is 0 Å². The monoisotopic (exact) mass is 954 g/mol. The molecule has 0 N–H and O–H groups in total. The van der Waals surface area contributed by atoms with E-state index < -0.39 is 5.41 Å². The van der Waals surface area contributed by atoms with Gasteiger partial charge in [0.05, 0.1) is 28.7 Å². The Kier molecular flexibility index (Phi) is 11.2. The summed E-state index contributed by atoms with van der Waals surface area (Å²) in [6, 6.07) is 104. The molecule has 0 saturated carbocycles. The zero-order valence-electron chi connectivity index (χ0n) is 40.8. The van der Waals surface area contributed by atoms with Crippen LogP contribution >= 0.6 is 0 Å². The van der Waals surface area contributed by atoms with Crippen molar-refractivity contribution in [3.8, 4) is 45.5 Å². The van der Waals surface area contributed by atoms with Crippen LogP contribution in [0.4, 0.5) is 34.1 Å². The van der Waals surface area contributed by atoms with E-state index in [2.05, 4.69) is 240 Å². The van der Waals surface area contributed by atoms with Crippen molar-refractivity contribution in [1.29, 1.82) is 10.5 Å². The number of hydrogen-bond acceptors (Lipinski definition) is 4. The summed E-state index contributed by atoms with van der Waals surface area (Å²) in [6.07, 6.45) is 0. The van der Waals surface area contributed by atoms with Crippen LogP contribution in [0.15, 0.2) is 279 Å². The van der Waals surface area contributed by atoms with E-state index in [1.807, 2.05) is 60.7 Å². The highest BCUT2D eigenvalue weighted by Gasteiger charge is 2.48. The molecule has 0 aromatic heterocycles. The minimum atomic E-state index is -0.763. The fourth-order valence-corrected chi connectivity index (χ4v) is 11.6. The van der Waals surface area contributed by atoms with Crippen molar-refractivity contribution >= 4 is 55.7 Å². The van der Waals surface area contributed by atoms with Crippen LogP contribution in [-0.4, -0.2) is 0 Å². The third-order valence-electron chi connectivity index (χ3n) is 15.0. The number of nitrogens with zero attached hydrogens (tertiary/aromatic N) is 4. The molecule has 1 aliphatic carbocycles. The van der Waals surface area contributed by atoms with Crippen LogP contribution < -0.4 is 9.80 Å². The highest BCUT2D eigenvalue weighted by molar-refractivity contribution is 6.20. The first-order valence-electron chi connectivity index (χ1n) is 25.3. The van der Waals surface area contributed by atoms with E-state index in [1.165, 1.54) is 38.8 Å². The third-order valence-corrected chi connectivity index (χ3v) is 15.0. The molecule has 12 aromatic carbocycles. The Labute approximate surface area is 437 Å². The summed E-state index contributed by atoms with van der Waals surface area (Å²) >= 11 is 0. The van der Waals surface area contributed by atoms with Crippen LogP contribution in [0.25, 0.3) is 54.9 Å². The lowest BCUT2D eigenvalue weighted by molar-refractivity contribution is 0.776. The van der Waals surface area contributed by atoms with Crippen molar-refractivity contribution < 1.29 is 0 Å². The summed E-state index contributed by atoms with van der Waals surface area (Å²) in [5.74, 6) is 0. The second-order valence-electron chi connectivity index (χ2n) is 19.1. The van der Waals surface area contributed by atoms with Gasteiger partial charge in [0.25, 0.3) is 0 Å². The number of nitriles is 2. The first-order chi connectivity index (χ1) is 37.1. The molecule has 13 rings (SSSR count). The number of benzene rings is 12. The van der Waals surface area contributed by atoms with E-state index in [4.69, 9.17) is 0 Å². The molecule has 0 unspecified atom stereocenters. The molecule has 0 radical (unpaired) electrons. The summed E-state index contributed by atoms with van der Waals surface area (Å²) in [4.78, 5) is 4.61. The molecule has 12 aromatic rings. The fourth-order valence-electron chi connectivity index (χ4n) is 11.6. The van der Waals surface area contributed by atoms with Crippen molar-refractivity contribution in [3.05, 3.63) is 312 Å². The zero-order valence-corrected chi connectivity index (χ0v) is 40.8. The van der Waals surface area contributed by atoms with Crippen molar-refractivity contribution in [2.24, 2.45) is 0 Å². The molecular weight excluding hydrogens is 909 g/mol. The number of hydrogen-bond donors (Lipinski definition) is 0. The van der Waals surface area contributed by atoms with Gasteiger partial charge in [-0.15, -0.1) is 0 Å². The molecule has 4 heteroatoms. The molecule has 0 saturated heterocycles. The average Bonchev–Trinajstić information content (AvgIpc) is 3.82. The Morgan fingerprint density at radius 3 is 1.13 bits per heavy atom. The molecule has 0 fully saturated rings. The van der Waals surface area contributed by atoms with E-state index in [0.29, 0.717) is 11.1 Å². The quantitative estimate of drug-likeness (QED) is 0.128. The molecule has 0 bridgehead atoms. The van der Waals surface area contributed by atoms with Gasteiger partial charge in [0.15, 0.2) is 0 Å². The number of anilines is 6. The summed E-state index contributed by atoms with van der Waals surface area (Å²) in [5, 5.41) is 24.4. The van der Waals surface area contributed by atoms with Crippen LogP contribution in [0.1, 0.15) is 33.4 Å². The Morgan fingerprint density at radius 2 is 0.667 bits per heavy atom. The van der Waals surface area contributed by atoms with E-state index in [9.17, 15) is 10.5 Å². The summed E-state index contributed by atoms with van der Waals surface area (Å²) in [7, 11) is 0. The van der Waals surface area contributed by atoms with Gasteiger partial charge in [-0.05, 0) is 174 Å². The SMILES string of the molecule is N#Cc1ccc(N(c2ccc(-c3ccccc3)cc2)c2ccc3c(c2)C(c2ccccc2)(c2ccccc2)c2c-3c3ccccc3c3cc(N(c4ccc(C#N)cc4)c4ccc(-c5ccccc5)cc4)ccc23)cc1. The second kappa shape index (κ2) is 18.7. The zero-order chi connectivity index (χ0) is 50.3. The van der Waals surface area contributed by atoms with Crippen LogP contribution in [0, 0.1) is 22.7 Å². The maximum atomic E-state index is 9.89. The topological polar surface area (TPSA) is 54.1 Å². The lowest BCUT2D eigenvalue weighted by Gasteiger charge is -2.36. The van der Waals surface area contributed by atoms with Crippen molar-refractivity contribution in [2.75, 3.05) is 9.80 Å². The molecule has 4 nitrogen and oxygen atoms in total. The highest BCUT2D eigenvalue weighted by atomic mass is 15.1. The predicted octanol–water partition coefficient (Wildman–Crippen LogP) is 18.4. The van der Waals surface area contributed by atoms with Crippen LogP contribution in [0.3, 0.4) is 0 Å². The Balaban J connectivity index is 1.06. The van der Waals surface area contributed by atoms with Crippen molar-refractivity contribution in [1.82, 2.24) is 0 Å². The minimum absolute atomic E-state index is 0.609. The molecule has 0 aliphatic heterocycles. The number of rotatable bonds is 10. The smallest absolute Gasteiger partial charge is 0.0991 e. The number of fused-ring (bicyclic) bond motifs is 8. The van der Waals surface area contributed by atoms with E-state index in [1.54, 1.807) is 0 Å². The third kappa shape index (κ3) is 7.61. The van der Waals surface area contributed by atoms with Gasteiger partial charge in [-0.3, -0.25) is 0 Å². The Hall–Kier alpha value is -10.3. The van der Waals surface area contributed by atoms with Gasteiger partial charge in [-0.1, -0.05) is 182 Å². The van der Waals surface area contributed by atoms with Crippen molar-refractivity contribution in [2.45, 2.75) is 5.41 Å². The van der Waals surface area contributed by atoms with Gasteiger partial charge < -0.3 is 9.80 Å². The fraction of sp³-hybridized carbons (Fsp3) is 0.0141. The van der Waals surface area contributed by atoms with E-state index in [0.717, 1.165) is 72.5 Å². The first-order valence-corrected chi connectivity index (χ1v) is 25.3. The standard InChI is InChI=1S/C71H46N4/c72-47-49-25-33-57(34-26-49)74(59-37-29-53(30-38-59)51-15-5-1-6-16-51)61-41-43-65-67(45-61)63-23-13-14-24-64(63)69-66-44-42-62(46-68(66)71(70(65)69,55-19-9-3-10-20-55)56-21-11-4-12-22-56)75(58-35-27-50(48-73)28-36-58)60-39-31-54(32-40-60)52-17-7-2-8-18-52/h1-46H. The summed E-state index contributed by atoms with van der Waals surface area (Å²) in [5.41, 5.74) is 18.1.